The average molecular weight is 401 g/mol. The number of aromatic hydroxyl groups is 1. The van der Waals surface area contributed by atoms with Crippen LogP contribution in [0.4, 0.5) is 0 Å². The lowest BCUT2D eigenvalue weighted by atomic mass is 9.96. The van der Waals surface area contributed by atoms with Gasteiger partial charge in [-0.05, 0) is 48.5 Å². The van der Waals surface area contributed by atoms with E-state index >= 15 is 0 Å². The summed E-state index contributed by atoms with van der Waals surface area (Å²) in [6, 6.07) is 14.1. The molecule has 0 spiro atoms. The first-order chi connectivity index (χ1) is 13.1. The number of phenols is 1. The molecule has 3 heterocycles. The minimum Gasteiger partial charge on any atom is -0.507 e. The van der Waals surface area contributed by atoms with Crippen LogP contribution in [-0.2, 0) is 0 Å². The molecule has 0 fully saturated rings. The molecular weight excluding hydrogens is 387 g/mol. The van der Waals surface area contributed by atoms with Gasteiger partial charge in [0.1, 0.15) is 11.5 Å². The molecule has 1 N–H and O–H groups in total. The smallest absolute Gasteiger partial charge is 0.246 e. The van der Waals surface area contributed by atoms with Gasteiger partial charge in [-0.25, -0.2) is 5.01 Å². The van der Waals surface area contributed by atoms with E-state index in [4.69, 9.17) is 37.5 Å². The maximum atomic E-state index is 10.3. The van der Waals surface area contributed by atoms with Crippen LogP contribution in [0.2, 0.25) is 10.0 Å². The minimum atomic E-state index is -0.502. The number of hydrogen-bond donors (Lipinski definition) is 1. The van der Waals surface area contributed by atoms with Crippen molar-refractivity contribution in [3.05, 3.63) is 81.7 Å². The van der Waals surface area contributed by atoms with Gasteiger partial charge in [0.05, 0.1) is 18.0 Å². The van der Waals surface area contributed by atoms with Gasteiger partial charge in [0.2, 0.25) is 6.23 Å². The molecule has 1 aromatic heterocycles. The molecule has 0 radical (unpaired) electrons. The summed E-state index contributed by atoms with van der Waals surface area (Å²) >= 11 is 12.3. The fourth-order valence-corrected chi connectivity index (χ4v) is 3.93. The molecule has 27 heavy (non-hydrogen) atoms. The minimum absolute atomic E-state index is 0.0871. The van der Waals surface area contributed by atoms with Crippen molar-refractivity contribution in [1.29, 1.82) is 0 Å². The van der Waals surface area contributed by atoms with Crippen molar-refractivity contribution < 1.29 is 14.3 Å². The third kappa shape index (κ3) is 2.74. The highest BCUT2D eigenvalue weighted by Crippen LogP contribution is 2.48. The Morgan fingerprint density at radius 2 is 1.89 bits per heavy atom. The van der Waals surface area contributed by atoms with Gasteiger partial charge in [0.25, 0.3) is 0 Å². The fourth-order valence-electron chi connectivity index (χ4n) is 3.58. The SMILES string of the molecule is Oc1ccc(Cl)cc1C1=NN2C(C1)c1cc(Cl)ccc1OC2c1ccco1. The van der Waals surface area contributed by atoms with Gasteiger partial charge in [-0.2, -0.15) is 5.10 Å². The van der Waals surface area contributed by atoms with E-state index in [0.29, 0.717) is 27.8 Å². The van der Waals surface area contributed by atoms with Gasteiger partial charge in [-0.1, -0.05) is 23.2 Å². The van der Waals surface area contributed by atoms with Gasteiger partial charge in [-0.3, -0.25) is 0 Å². The van der Waals surface area contributed by atoms with Gasteiger partial charge >= 0.3 is 0 Å². The van der Waals surface area contributed by atoms with Crippen LogP contribution in [0.5, 0.6) is 11.5 Å². The number of nitrogens with zero attached hydrogens (tertiary/aromatic N) is 2. The Bertz CT molecular complexity index is 1050. The maximum Gasteiger partial charge on any atom is 0.246 e. The first kappa shape index (κ1) is 16.5. The van der Waals surface area contributed by atoms with E-state index in [1.165, 1.54) is 0 Å². The summed E-state index contributed by atoms with van der Waals surface area (Å²) in [6.45, 7) is 0. The van der Waals surface area contributed by atoms with Crippen LogP contribution in [0, 0.1) is 0 Å². The lowest BCUT2D eigenvalue weighted by Gasteiger charge is -2.36. The first-order valence-corrected chi connectivity index (χ1v) is 9.20. The molecule has 5 rings (SSSR count). The van der Waals surface area contributed by atoms with Crippen molar-refractivity contribution in [2.45, 2.75) is 18.7 Å². The monoisotopic (exact) mass is 400 g/mol. The van der Waals surface area contributed by atoms with Crippen LogP contribution in [0.25, 0.3) is 0 Å². The highest BCUT2D eigenvalue weighted by atomic mass is 35.5. The Morgan fingerprint density at radius 1 is 1.07 bits per heavy atom. The number of furan rings is 1. The predicted molar refractivity (Wildman–Crippen MR) is 102 cm³/mol. The summed E-state index contributed by atoms with van der Waals surface area (Å²) in [5.74, 6) is 1.54. The van der Waals surface area contributed by atoms with Crippen molar-refractivity contribution in [2.24, 2.45) is 5.10 Å². The van der Waals surface area contributed by atoms with Crippen LogP contribution >= 0.6 is 23.2 Å². The van der Waals surface area contributed by atoms with Crippen LogP contribution < -0.4 is 4.74 Å². The third-order valence-electron chi connectivity index (χ3n) is 4.81. The number of halogens is 2. The molecule has 7 heteroatoms. The zero-order valence-electron chi connectivity index (χ0n) is 14.0. The first-order valence-electron chi connectivity index (χ1n) is 8.44. The van der Waals surface area contributed by atoms with Crippen molar-refractivity contribution >= 4 is 28.9 Å². The van der Waals surface area contributed by atoms with E-state index in [9.17, 15) is 5.11 Å². The van der Waals surface area contributed by atoms with E-state index < -0.39 is 6.23 Å². The van der Waals surface area contributed by atoms with E-state index in [-0.39, 0.29) is 11.8 Å². The topological polar surface area (TPSA) is 58.2 Å². The molecule has 136 valence electrons. The lowest BCUT2D eigenvalue weighted by Crippen LogP contribution is -2.33. The molecule has 0 bridgehead atoms. The highest BCUT2D eigenvalue weighted by Gasteiger charge is 2.42. The second-order valence-corrected chi connectivity index (χ2v) is 7.35. The molecule has 0 aliphatic carbocycles. The lowest BCUT2D eigenvalue weighted by molar-refractivity contribution is -0.0325. The summed E-state index contributed by atoms with van der Waals surface area (Å²) < 4.78 is 11.7. The number of rotatable bonds is 2. The van der Waals surface area contributed by atoms with Crippen LogP contribution in [0.3, 0.4) is 0 Å². The number of hydrogen-bond acceptors (Lipinski definition) is 5. The number of hydrazone groups is 1. The molecule has 2 aliphatic heterocycles. The molecule has 2 aromatic carbocycles. The Kier molecular flexibility index (Phi) is 3.81. The zero-order valence-corrected chi connectivity index (χ0v) is 15.5. The Morgan fingerprint density at radius 3 is 2.70 bits per heavy atom. The molecular formula is C20H14Cl2N2O3. The highest BCUT2D eigenvalue weighted by molar-refractivity contribution is 6.31. The van der Waals surface area contributed by atoms with Gasteiger partial charge in [0, 0.05) is 27.6 Å². The maximum absolute atomic E-state index is 10.3. The number of fused-ring (bicyclic) bond motifs is 3. The quantitative estimate of drug-likeness (QED) is 0.613. The van der Waals surface area contributed by atoms with Crippen LogP contribution in [0.1, 0.15) is 35.6 Å². The third-order valence-corrected chi connectivity index (χ3v) is 5.28. The summed E-state index contributed by atoms with van der Waals surface area (Å²) in [5, 5.41) is 18.1. The van der Waals surface area contributed by atoms with Crippen LogP contribution in [0.15, 0.2) is 64.3 Å². The van der Waals surface area contributed by atoms with Crippen molar-refractivity contribution in [1.82, 2.24) is 5.01 Å². The average Bonchev–Trinajstić information content (AvgIpc) is 3.33. The van der Waals surface area contributed by atoms with E-state index in [1.807, 2.05) is 29.3 Å². The Balaban J connectivity index is 1.63. The molecule has 3 aromatic rings. The number of ether oxygens (including phenoxy) is 1. The van der Waals surface area contributed by atoms with Gasteiger partial charge < -0.3 is 14.3 Å². The summed E-state index contributed by atoms with van der Waals surface area (Å²) in [7, 11) is 0. The molecule has 0 saturated carbocycles. The Hall–Kier alpha value is -2.63. The van der Waals surface area contributed by atoms with Crippen molar-refractivity contribution in [2.75, 3.05) is 0 Å². The molecule has 0 amide bonds. The molecule has 5 nitrogen and oxygen atoms in total. The summed E-state index contributed by atoms with van der Waals surface area (Å²) in [6.07, 6.45) is 1.69. The number of phenolic OH excluding ortho intramolecular Hbond substituents is 1. The zero-order chi connectivity index (χ0) is 18.5. The second kappa shape index (κ2) is 6.22. The normalized spacial score (nSPS) is 20.7. The molecule has 2 atom stereocenters. The standard InChI is InChI=1S/C20H14Cl2N2O3/c21-11-3-5-17(25)13(8-11)15-10-16-14-9-12(22)4-6-18(14)27-20(24(16)23-15)19-2-1-7-26-19/h1-9,16,20,25H,10H2. The van der Waals surface area contributed by atoms with Gasteiger partial charge in [-0.15, -0.1) is 0 Å². The van der Waals surface area contributed by atoms with Gasteiger partial charge in [0.15, 0.2) is 5.76 Å². The van der Waals surface area contributed by atoms with E-state index in [0.717, 1.165) is 17.0 Å². The molecule has 2 unspecified atom stereocenters. The second-order valence-electron chi connectivity index (χ2n) is 6.48. The summed E-state index contributed by atoms with van der Waals surface area (Å²) in [4.78, 5) is 0. The molecule has 0 saturated heterocycles. The number of benzene rings is 2. The molecule has 2 aliphatic rings. The van der Waals surface area contributed by atoms with E-state index in [2.05, 4.69) is 0 Å². The summed E-state index contributed by atoms with van der Waals surface area (Å²) in [5.41, 5.74) is 2.29. The fraction of sp³-hybridized carbons (Fsp3) is 0.150. The van der Waals surface area contributed by atoms with Crippen molar-refractivity contribution in [3.8, 4) is 11.5 Å². The van der Waals surface area contributed by atoms with E-state index in [1.54, 1.807) is 30.5 Å². The predicted octanol–water partition coefficient (Wildman–Crippen LogP) is 5.53. The Labute approximate surface area is 165 Å². The largest absolute Gasteiger partial charge is 0.507 e. The van der Waals surface area contributed by atoms with Crippen LogP contribution in [-0.4, -0.2) is 15.8 Å². The van der Waals surface area contributed by atoms with Crippen molar-refractivity contribution in [3.63, 3.8) is 0 Å².